The Balaban J connectivity index is 1.78. The maximum absolute atomic E-state index is 2.50. The van der Waals surface area contributed by atoms with E-state index in [1.807, 2.05) is 0 Å². The summed E-state index contributed by atoms with van der Waals surface area (Å²) >= 11 is 0. The molecule has 1 atom stereocenters. The summed E-state index contributed by atoms with van der Waals surface area (Å²) in [4.78, 5) is 1.67. The van der Waals surface area contributed by atoms with E-state index in [4.69, 9.17) is 0 Å². The number of hydrogen-bond donors (Lipinski definition) is 1. The molecule has 1 N–H and O–H groups in total. The lowest BCUT2D eigenvalue weighted by atomic mass is 10.0. The molecule has 20 heavy (non-hydrogen) atoms. The summed E-state index contributed by atoms with van der Waals surface area (Å²) in [7, 11) is 0. The molecule has 2 aliphatic rings. The van der Waals surface area contributed by atoms with Crippen molar-refractivity contribution in [2.75, 3.05) is 13.1 Å². The monoisotopic (exact) mass is 274 g/mol. The van der Waals surface area contributed by atoms with Crippen molar-refractivity contribution >= 4 is 0 Å². The summed E-state index contributed by atoms with van der Waals surface area (Å²) in [6, 6.07) is 0. The highest BCUT2D eigenvalue weighted by Crippen LogP contribution is 2.13. The molecule has 1 unspecified atom stereocenters. The van der Waals surface area contributed by atoms with Crippen LogP contribution in [0.15, 0.2) is 36.1 Å². The molecule has 0 aromatic rings. The van der Waals surface area contributed by atoms with E-state index in [1.54, 1.807) is 10.5 Å². The predicted molar refractivity (Wildman–Crippen MR) is 87.8 cm³/mol. The van der Waals surface area contributed by atoms with Crippen LogP contribution in [0, 0.1) is 0 Å². The van der Waals surface area contributed by atoms with Crippen LogP contribution < -0.4 is 4.90 Å². The van der Waals surface area contributed by atoms with Crippen molar-refractivity contribution in [1.82, 2.24) is 0 Å². The summed E-state index contributed by atoms with van der Waals surface area (Å²) < 4.78 is 0. The first kappa shape index (κ1) is 15.6. The molecule has 1 heteroatoms. The second-order valence-corrected chi connectivity index (χ2v) is 6.36. The number of rotatable bonds is 0. The Kier molecular flexibility index (Phi) is 7.77. The fourth-order valence-corrected chi connectivity index (χ4v) is 3.21. The number of fused-ring (bicyclic) bond motifs is 1. The molecule has 112 valence electrons. The van der Waals surface area contributed by atoms with Crippen molar-refractivity contribution in [3.8, 4) is 0 Å². The van der Waals surface area contributed by atoms with E-state index in [0.29, 0.717) is 0 Å². The Morgan fingerprint density at radius 1 is 0.700 bits per heavy atom. The molecule has 0 radical (unpaired) electrons. The molecule has 2 rings (SSSR count). The molecule has 0 aromatic heterocycles. The maximum Gasteiger partial charge on any atom is 0.100 e. The Bertz CT molecular complexity index is 338. The lowest BCUT2D eigenvalue weighted by Crippen LogP contribution is -3.07. The molecule has 2 heterocycles. The van der Waals surface area contributed by atoms with Crippen LogP contribution in [-0.4, -0.2) is 13.1 Å². The second-order valence-electron chi connectivity index (χ2n) is 6.36. The minimum absolute atomic E-state index is 1.20. The van der Waals surface area contributed by atoms with Crippen molar-refractivity contribution in [2.24, 2.45) is 0 Å². The zero-order valence-corrected chi connectivity index (χ0v) is 13.1. The third-order valence-corrected chi connectivity index (χ3v) is 4.47. The fraction of sp³-hybridized carbons (Fsp3) is 0.684. The minimum Gasteiger partial charge on any atom is -0.305 e. The zero-order chi connectivity index (χ0) is 13.9. The van der Waals surface area contributed by atoms with E-state index < -0.39 is 0 Å². The maximum atomic E-state index is 2.50. The van der Waals surface area contributed by atoms with E-state index in [-0.39, 0.29) is 0 Å². The molecule has 1 nitrogen and oxygen atoms in total. The van der Waals surface area contributed by atoms with Gasteiger partial charge in [0.25, 0.3) is 0 Å². The van der Waals surface area contributed by atoms with Gasteiger partial charge in [-0.1, -0.05) is 37.5 Å². The molecule has 0 fully saturated rings. The van der Waals surface area contributed by atoms with E-state index in [1.165, 1.54) is 83.7 Å². The molecule has 0 aliphatic carbocycles. The van der Waals surface area contributed by atoms with E-state index in [0.717, 1.165) is 0 Å². The van der Waals surface area contributed by atoms with Crippen LogP contribution in [0.5, 0.6) is 0 Å². The van der Waals surface area contributed by atoms with Crippen LogP contribution in [0.25, 0.3) is 0 Å². The SMILES string of the molecule is C1=CCCCCCC[NH+]2C=C(C=CC2)CCCCCC1. The third-order valence-electron chi connectivity index (χ3n) is 4.47. The number of nitrogens with one attached hydrogen (secondary N) is 1. The Hall–Kier alpha value is -0.820. The molecule has 2 bridgehead atoms. The largest absolute Gasteiger partial charge is 0.305 e. The van der Waals surface area contributed by atoms with Crippen molar-refractivity contribution in [1.29, 1.82) is 0 Å². The number of hydrogen-bond acceptors (Lipinski definition) is 0. The van der Waals surface area contributed by atoms with Gasteiger partial charge in [-0.3, -0.25) is 0 Å². The van der Waals surface area contributed by atoms with E-state index >= 15 is 0 Å². The summed E-state index contributed by atoms with van der Waals surface area (Å²) in [6.07, 6.45) is 27.1. The summed E-state index contributed by atoms with van der Waals surface area (Å²) in [5.74, 6) is 0. The topological polar surface area (TPSA) is 4.44 Å². The van der Waals surface area contributed by atoms with Gasteiger partial charge < -0.3 is 4.90 Å². The van der Waals surface area contributed by atoms with Crippen LogP contribution in [0.4, 0.5) is 0 Å². The van der Waals surface area contributed by atoms with Gasteiger partial charge >= 0.3 is 0 Å². The quantitative estimate of drug-likeness (QED) is 0.632. The molecule has 0 saturated heterocycles. The van der Waals surface area contributed by atoms with Crippen LogP contribution in [-0.2, 0) is 0 Å². The predicted octanol–water partition coefficient (Wildman–Crippen LogP) is 4.19. The van der Waals surface area contributed by atoms with Gasteiger partial charge in [-0.25, -0.2) is 0 Å². The first-order valence-corrected chi connectivity index (χ1v) is 8.82. The van der Waals surface area contributed by atoms with Gasteiger partial charge in [0.15, 0.2) is 0 Å². The second kappa shape index (κ2) is 9.99. The van der Waals surface area contributed by atoms with Gasteiger partial charge in [-0.05, 0) is 57.4 Å². The molecule has 0 amide bonds. The van der Waals surface area contributed by atoms with Crippen LogP contribution in [0.3, 0.4) is 0 Å². The summed E-state index contributed by atoms with van der Waals surface area (Å²) in [6.45, 7) is 2.52. The van der Waals surface area contributed by atoms with Crippen LogP contribution in [0.1, 0.15) is 70.6 Å². The average molecular weight is 274 g/mol. The average Bonchev–Trinajstić information content (AvgIpc) is 2.47. The molecule has 2 aliphatic heterocycles. The highest BCUT2D eigenvalue weighted by atomic mass is 15.1. The lowest BCUT2D eigenvalue weighted by molar-refractivity contribution is -0.841. The molecular formula is C19H32N+. The summed E-state index contributed by atoms with van der Waals surface area (Å²) in [5.41, 5.74) is 1.58. The fourth-order valence-electron chi connectivity index (χ4n) is 3.21. The first-order valence-electron chi connectivity index (χ1n) is 8.82. The van der Waals surface area contributed by atoms with Gasteiger partial charge in [0.05, 0.1) is 12.7 Å². The van der Waals surface area contributed by atoms with E-state index in [9.17, 15) is 0 Å². The van der Waals surface area contributed by atoms with Crippen LogP contribution in [0.2, 0.25) is 0 Å². The highest BCUT2D eigenvalue weighted by Gasteiger charge is 2.09. The normalized spacial score (nSPS) is 26.8. The molecular weight excluding hydrogens is 242 g/mol. The number of allylic oxidation sites excluding steroid dienone is 4. The highest BCUT2D eigenvalue weighted by molar-refractivity contribution is 5.18. The van der Waals surface area contributed by atoms with Crippen molar-refractivity contribution in [3.63, 3.8) is 0 Å². The number of quaternary nitrogens is 1. The smallest absolute Gasteiger partial charge is 0.100 e. The van der Waals surface area contributed by atoms with Crippen LogP contribution >= 0.6 is 0 Å². The van der Waals surface area contributed by atoms with Gasteiger partial charge in [0.2, 0.25) is 0 Å². The third kappa shape index (κ3) is 6.56. The van der Waals surface area contributed by atoms with Gasteiger partial charge in [-0.15, -0.1) is 0 Å². The first-order chi connectivity index (χ1) is 9.95. The van der Waals surface area contributed by atoms with Crippen molar-refractivity contribution in [3.05, 3.63) is 36.1 Å². The Morgan fingerprint density at radius 3 is 2.20 bits per heavy atom. The molecule has 0 spiro atoms. The minimum atomic E-state index is 1.20. The van der Waals surface area contributed by atoms with Gasteiger partial charge in [0.1, 0.15) is 6.54 Å². The molecule has 0 aromatic carbocycles. The lowest BCUT2D eigenvalue weighted by Gasteiger charge is -2.18. The van der Waals surface area contributed by atoms with Crippen molar-refractivity contribution < 1.29 is 4.90 Å². The van der Waals surface area contributed by atoms with Gasteiger partial charge in [-0.2, -0.15) is 0 Å². The van der Waals surface area contributed by atoms with Gasteiger partial charge in [0, 0.05) is 5.57 Å². The zero-order valence-electron chi connectivity index (χ0n) is 13.1. The van der Waals surface area contributed by atoms with E-state index in [2.05, 4.69) is 30.5 Å². The molecule has 0 saturated carbocycles. The standard InChI is InChI=1S/C19H31N/c1-2-4-6-8-10-12-16-20-17-13-15-19(18-20)14-11-9-7-5-3-1/h1-2,13,15,18H,3-12,14,16-17H2/p+1. The summed E-state index contributed by atoms with van der Waals surface area (Å²) in [5, 5.41) is 0. The van der Waals surface area contributed by atoms with Crippen molar-refractivity contribution in [2.45, 2.75) is 70.6 Å². The Labute approximate surface area is 125 Å². The Morgan fingerprint density at radius 2 is 1.40 bits per heavy atom.